The predicted octanol–water partition coefficient (Wildman–Crippen LogP) is 4.25. The van der Waals surface area contributed by atoms with E-state index in [-0.39, 0.29) is 24.1 Å². The predicted molar refractivity (Wildman–Crippen MR) is 100 cm³/mol. The minimum absolute atomic E-state index is 0.0944. The molecular weight excluding hydrogens is 371 g/mol. The number of aryl methyl sites for hydroxylation is 2. The van der Waals surface area contributed by atoms with E-state index in [0.29, 0.717) is 6.54 Å². The van der Waals surface area contributed by atoms with Crippen molar-refractivity contribution < 1.29 is 22.8 Å². The third kappa shape index (κ3) is 4.44. The molecule has 2 aromatic carbocycles. The number of alkyl halides is 3. The molecule has 0 aliphatic carbocycles. The molecule has 148 valence electrons. The van der Waals surface area contributed by atoms with Gasteiger partial charge in [-0.2, -0.15) is 13.2 Å². The maximum Gasteiger partial charge on any atom is 0.416 e. The standard InChI is InChI=1S/C20H20F3N3O2/c1-12-3-8-17(9-13(12)2)26-11-16(10-18(26)27)25-19(28)24-15-6-4-14(5-7-15)20(21,22)23/h3-9,16H,10-11H2,1-2H3,(H2,24,25,28)/t16-/m0/s1. The molecule has 8 heteroatoms. The highest BCUT2D eigenvalue weighted by atomic mass is 19.4. The molecule has 1 aliphatic rings. The van der Waals surface area contributed by atoms with E-state index < -0.39 is 17.8 Å². The summed E-state index contributed by atoms with van der Waals surface area (Å²) in [7, 11) is 0. The Kier molecular flexibility index (Phi) is 5.31. The van der Waals surface area contributed by atoms with Gasteiger partial charge in [-0.05, 0) is 61.4 Å². The van der Waals surface area contributed by atoms with E-state index >= 15 is 0 Å². The first kappa shape index (κ1) is 19.7. The molecule has 0 spiro atoms. The summed E-state index contributed by atoms with van der Waals surface area (Å²) in [6.07, 6.45) is -4.27. The van der Waals surface area contributed by atoms with Gasteiger partial charge in [-0.25, -0.2) is 4.79 Å². The van der Waals surface area contributed by atoms with E-state index in [9.17, 15) is 22.8 Å². The number of benzene rings is 2. The summed E-state index contributed by atoms with van der Waals surface area (Å²) in [5.41, 5.74) is 2.42. The maximum absolute atomic E-state index is 12.6. The van der Waals surface area contributed by atoms with Gasteiger partial charge in [-0.3, -0.25) is 4.79 Å². The van der Waals surface area contributed by atoms with E-state index in [1.165, 1.54) is 12.1 Å². The van der Waals surface area contributed by atoms with E-state index in [0.717, 1.165) is 28.9 Å². The summed E-state index contributed by atoms with van der Waals surface area (Å²) in [5, 5.41) is 5.18. The van der Waals surface area contributed by atoms with Crippen LogP contribution in [0.5, 0.6) is 0 Å². The lowest BCUT2D eigenvalue weighted by Crippen LogP contribution is -2.39. The van der Waals surface area contributed by atoms with Crippen molar-refractivity contribution in [3.8, 4) is 0 Å². The highest BCUT2D eigenvalue weighted by molar-refractivity contribution is 5.97. The number of amides is 3. The van der Waals surface area contributed by atoms with Crippen LogP contribution in [0.2, 0.25) is 0 Å². The molecule has 2 N–H and O–H groups in total. The molecule has 1 heterocycles. The first-order valence-electron chi connectivity index (χ1n) is 8.76. The van der Waals surface area contributed by atoms with Crippen LogP contribution in [-0.4, -0.2) is 24.5 Å². The van der Waals surface area contributed by atoms with E-state index in [1.807, 2.05) is 32.0 Å². The molecule has 5 nitrogen and oxygen atoms in total. The molecule has 1 atom stereocenters. The van der Waals surface area contributed by atoms with E-state index in [4.69, 9.17) is 0 Å². The summed E-state index contributed by atoms with van der Waals surface area (Å²) < 4.78 is 37.7. The number of halogens is 3. The van der Waals surface area contributed by atoms with Gasteiger partial charge in [0.25, 0.3) is 0 Å². The van der Waals surface area contributed by atoms with Crippen LogP contribution < -0.4 is 15.5 Å². The number of hydrogen-bond acceptors (Lipinski definition) is 2. The average molecular weight is 391 g/mol. The van der Waals surface area contributed by atoms with Gasteiger partial charge in [0.05, 0.1) is 11.6 Å². The monoisotopic (exact) mass is 391 g/mol. The Morgan fingerprint density at radius 1 is 1.07 bits per heavy atom. The van der Waals surface area contributed by atoms with Crippen molar-refractivity contribution in [2.24, 2.45) is 0 Å². The SMILES string of the molecule is Cc1ccc(N2C[C@@H](NC(=O)Nc3ccc(C(F)(F)F)cc3)CC2=O)cc1C. The van der Waals surface area contributed by atoms with Gasteiger partial charge < -0.3 is 15.5 Å². The van der Waals surface area contributed by atoms with Crippen LogP contribution in [0.25, 0.3) is 0 Å². The molecule has 2 aromatic rings. The van der Waals surface area contributed by atoms with Crippen molar-refractivity contribution in [2.45, 2.75) is 32.5 Å². The van der Waals surface area contributed by atoms with Crippen LogP contribution in [0.4, 0.5) is 29.3 Å². The Labute approximate surface area is 160 Å². The average Bonchev–Trinajstić information content (AvgIpc) is 2.97. The van der Waals surface area contributed by atoms with Gasteiger partial charge in [0, 0.05) is 24.3 Å². The lowest BCUT2D eigenvalue weighted by atomic mass is 10.1. The van der Waals surface area contributed by atoms with Crippen LogP contribution in [-0.2, 0) is 11.0 Å². The molecule has 0 saturated carbocycles. The van der Waals surface area contributed by atoms with Gasteiger partial charge in [0.1, 0.15) is 0 Å². The molecule has 0 unspecified atom stereocenters. The largest absolute Gasteiger partial charge is 0.416 e. The zero-order valence-corrected chi connectivity index (χ0v) is 15.4. The zero-order valence-electron chi connectivity index (χ0n) is 15.4. The topological polar surface area (TPSA) is 61.4 Å². The quantitative estimate of drug-likeness (QED) is 0.822. The second kappa shape index (κ2) is 7.53. The molecule has 3 amide bonds. The van der Waals surface area contributed by atoms with Crippen molar-refractivity contribution in [1.29, 1.82) is 0 Å². The molecule has 1 fully saturated rings. The minimum atomic E-state index is -4.43. The lowest BCUT2D eigenvalue weighted by molar-refractivity contribution is -0.137. The first-order chi connectivity index (χ1) is 13.1. The molecule has 0 bridgehead atoms. The third-order valence-electron chi connectivity index (χ3n) is 4.73. The van der Waals surface area contributed by atoms with Crippen LogP contribution in [0.1, 0.15) is 23.1 Å². The number of nitrogens with zero attached hydrogens (tertiary/aromatic N) is 1. The fourth-order valence-electron chi connectivity index (χ4n) is 3.04. The molecule has 1 saturated heterocycles. The maximum atomic E-state index is 12.6. The number of urea groups is 1. The molecule has 1 aliphatic heterocycles. The Morgan fingerprint density at radius 3 is 2.36 bits per heavy atom. The van der Waals surface area contributed by atoms with Crippen molar-refractivity contribution >= 4 is 23.3 Å². The summed E-state index contributed by atoms with van der Waals surface area (Å²) >= 11 is 0. The number of carbonyl (C=O) groups is 2. The smallest absolute Gasteiger partial charge is 0.333 e. The Bertz CT molecular complexity index is 895. The normalized spacial score (nSPS) is 17.0. The fourth-order valence-corrected chi connectivity index (χ4v) is 3.04. The fraction of sp³-hybridized carbons (Fsp3) is 0.300. The molecule has 3 rings (SSSR count). The van der Waals surface area contributed by atoms with Gasteiger partial charge in [0.15, 0.2) is 0 Å². The Balaban J connectivity index is 1.59. The minimum Gasteiger partial charge on any atom is -0.333 e. The Hall–Kier alpha value is -3.03. The second-order valence-electron chi connectivity index (χ2n) is 6.85. The van der Waals surface area contributed by atoms with Crippen molar-refractivity contribution in [3.05, 3.63) is 59.2 Å². The van der Waals surface area contributed by atoms with Crippen LogP contribution >= 0.6 is 0 Å². The van der Waals surface area contributed by atoms with Crippen molar-refractivity contribution in [2.75, 3.05) is 16.8 Å². The molecule has 28 heavy (non-hydrogen) atoms. The van der Waals surface area contributed by atoms with E-state index in [1.54, 1.807) is 4.90 Å². The number of rotatable bonds is 3. The molecular formula is C20H20F3N3O2. The number of hydrogen-bond donors (Lipinski definition) is 2. The third-order valence-corrected chi connectivity index (χ3v) is 4.73. The summed E-state index contributed by atoms with van der Waals surface area (Å²) in [4.78, 5) is 26.0. The lowest BCUT2D eigenvalue weighted by Gasteiger charge is -2.18. The molecule has 0 radical (unpaired) electrons. The van der Waals surface area contributed by atoms with Crippen molar-refractivity contribution in [1.82, 2.24) is 5.32 Å². The van der Waals surface area contributed by atoms with Gasteiger partial charge in [-0.15, -0.1) is 0 Å². The highest BCUT2D eigenvalue weighted by Crippen LogP contribution is 2.30. The summed E-state index contributed by atoms with van der Waals surface area (Å²) in [6, 6.07) is 8.95. The van der Waals surface area contributed by atoms with Crippen molar-refractivity contribution in [3.63, 3.8) is 0 Å². The van der Waals surface area contributed by atoms with Gasteiger partial charge >= 0.3 is 12.2 Å². The second-order valence-corrected chi connectivity index (χ2v) is 6.85. The van der Waals surface area contributed by atoms with Crippen LogP contribution in [0, 0.1) is 13.8 Å². The zero-order chi connectivity index (χ0) is 20.5. The first-order valence-corrected chi connectivity index (χ1v) is 8.76. The van der Waals surface area contributed by atoms with Crippen LogP contribution in [0.15, 0.2) is 42.5 Å². The summed E-state index contributed by atoms with van der Waals surface area (Å²) in [5.74, 6) is -0.0944. The number of carbonyl (C=O) groups excluding carboxylic acids is 2. The van der Waals surface area contributed by atoms with E-state index in [2.05, 4.69) is 10.6 Å². The molecule has 0 aromatic heterocycles. The highest BCUT2D eigenvalue weighted by Gasteiger charge is 2.32. The summed E-state index contributed by atoms with van der Waals surface area (Å²) in [6.45, 7) is 4.29. The van der Waals surface area contributed by atoms with Gasteiger partial charge in [-0.1, -0.05) is 6.07 Å². The van der Waals surface area contributed by atoms with Crippen LogP contribution in [0.3, 0.4) is 0 Å². The number of nitrogens with one attached hydrogen (secondary N) is 2. The van der Waals surface area contributed by atoms with Gasteiger partial charge in [0.2, 0.25) is 5.91 Å². The Morgan fingerprint density at radius 2 is 1.75 bits per heavy atom. The number of anilines is 2.